The average Bonchev–Trinajstić information content (AvgIpc) is 3.22. The zero-order valence-electron chi connectivity index (χ0n) is 14.9. The Kier molecular flexibility index (Phi) is 4.57. The summed E-state index contributed by atoms with van der Waals surface area (Å²) in [5, 5.41) is 0. The highest BCUT2D eigenvalue weighted by molar-refractivity contribution is 5.79. The van der Waals surface area contributed by atoms with Crippen molar-refractivity contribution in [3.63, 3.8) is 0 Å². The number of halogens is 1. The third-order valence-electron chi connectivity index (χ3n) is 5.82. The van der Waals surface area contributed by atoms with Crippen molar-refractivity contribution in [1.29, 1.82) is 0 Å². The molecule has 1 aromatic heterocycles. The molecular weight excluding hydrogens is 331 g/mol. The highest BCUT2D eigenvalue weighted by Crippen LogP contribution is 2.41. The third kappa shape index (κ3) is 3.28. The smallest absolute Gasteiger partial charge is 0.227 e. The molecule has 26 heavy (non-hydrogen) atoms. The molecule has 1 aliphatic carbocycles. The Morgan fingerprint density at radius 1 is 1.31 bits per heavy atom. The van der Waals surface area contributed by atoms with Gasteiger partial charge in [-0.15, -0.1) is 0 Å². The maximum Gasteiger partial charge on any atom is 0.227 e. The Morgan fingerprint density at radius 2 is 2.19 bits per heavy atom. The van der Waals surface area contributed by atoms with Crippen molar-refractivity contribution < 1.29 is 9.18 Å². The molecule has 1 aromatic carbocycles. The lowest BCUT2D eigenvalue weighted by atomic mass is 9.97. The Balaban J connectivity index is 1.42. The van der Waals surface area contributed by atoms with Gasteiger partial charge in [-0.05, 0) is 36.5 Å². The number of likely N-dealkylation sites (tertiary alicyclic amines) is 1. The van der Waals surface area contributed by atoms with E-state index < -0.39 is 0 Å². The molecule has 0 unspecified atom stereocenters. The molecule has 3 atom stereocenters. The van der Waals surface area contributed by atoms with Gasteiger partial charge in [0.15, 0.2) is 0 Å². The maximum absolute atomic E-state index is 13.3. The van der Waals surface area contributed by atoms with Crippen molar-refractivity contribution >= 4 is 11.7 Å². The summed E-state index contributed by atoms with van der Waals surface area (Å²) in [4.78, 5) is 25.4. The molecule has 136 valence electrons. The van der Waals surface area contributed by atoms with Crippen LogP contribution in [0.1, 0.15) is 18.4 Å². The molecule has 6 heteroatoms. The van der Waals surface area contributed by atoms with Gasteiger partial charge in [-0.25, -0.2) is 9.37 Å². The number of nitrogens with zero attached hydrogens (tertiary/aromatic N) is 4. The summed E-state index contributed by atoms with van der Waals surface area (Å²) >= 11 is 0. The maximum atomic E-state index is 13.3. The average molecular weight is 354 g/mol. The fourth-order valence-corrected chi connectivity index (χ4v) is 4.50. The number of fused-ring (bicyclic) bond motifs is 1. The Morgan fingerprint density at radius 3 is 2.96 bits per heavy atom. The number of carbonyl (C=O) groups excluding carboxylic acids is 1. The Labute approximate surface area is 152 Å². The second-order valence-corrected chi connectivity index (χ2v) is 7.35. The van der Waals surface area contributed by atoms with E-state index in [1.165, 1.54) is 12.1 Å². The van der Waals surface area contributed by atoms with Gasteiger partial charge in [0.2, 0.25) is 5.91 Å². The van der Waals surface area contributed by atoms with Crippen LogP contribution in [-0.4, -0.2) is 47.0 Å². The summed E-state index contributed by atoms with van der Waals surface area (Å²) in [7, 11) is 2.06. The van der Waals surface area contributed by atoms with E-state index in [0.717, 1.165) is 37.3 Å². The molecule has 1 saturated heterocycles. The number of hydrogen-bond donors (Lipinski definition) is 0. The third-order valence-corrected chi connectivity index (χ3v) is 5.82. The van der Waals surface area contributed by atoms with Crippen molar-refractivity contribution in [2.75, 3.05) is 25.0 Å². The van der Waals surface area contributed by atoms with Crippen LogP contribution in [0.25, 0.3) is 0 Å². The van der Waals surface area contributed by atoms with E-state index in [0.29, 0.717) is 17.9 Å². The molecule has 0 spiro atoms. The van der Waals surface area contributed by atoms with Gasteiger partial charge in [0.05, 0.1) is 12.6 Å². The highest BCUT2D eigenvalue weighted by Gasteiger charge is 2.45. The topological polar surface area (TPSA) is 49.3 Å². The fraction of sp³-hybridized carbons (Fsp3) is 0.450. The fourth-order valence-electron chi connectivity index (χ4n) is 4.50. The normalized spacial score (nSPS) is 24.5. The first-order valence-electron chi connectivity index (χ1n) is 9.13. The first-order valence-corrected chi connectivity index (χ1v) is 9.13. The molecule has 1 aliphatic heterocycles. The van der Waals surface area contributed by atoms with E-state index in [1.807, 2.05) is 11.0 Å². The Hall–Kier alpha value is -2.50. The zero-order chi connectivity index (χ0) is 18.1. The first-order chi connectivity index (χ1) is 12.6. The largest absolute Gasteiger partial charge is 0.355 e. The molecule has 0 bridgehead atoms. The molecule has 1 amide bonds. The standard InChI is InChI=1S/C20H23FN4O/c1-24(19-11-22-7-8-23-19)18-6-5-15-12-25(13-17(15)18)20(26)10-14-3-2-4-16(21)9-14/h2-4,7-9,11,15,17-18H,5-6,10,12-13H2,1H3/t15-,17+,18-/m1/s1. The van der Waals surface area contributed by atoms with E-state index in [9.17, 15) is 9.18 Å². The molecule has 2 aliphatic rings. The molecule has 4 rings (SSSR count). The monoisotopic (exact) mass is 354 g/mol. The van der Waals surface area contributed by atoms with Crippen LogP contribution in [0.2, 0.25) is 0 Å². The van der Waals surface area contributed by atoms with E-state index in [4.69, 9.17) is 0 Å². The molecule has 5 nitrogen and oxygen atoms in total. The summed E-state index contributed by atoms with van der Waals surface area (Å²) < 4.78 is 13.3. The van der Waals surface area contributed by atoms with Crippen molar-refractivity contribution in [2.45, 2.75) is 25.3 Å². The van der Waals surface area contributed by atoms with Gasteiger partial charge in [-0.1, -0.05) is 12.1 Å². The van der Waals surface area contributed by atoms with Crippen LogP contribution in [0.5, 0.6) is 0 Å². The van der Waals surface area contributed by atoms with Crippen LogP contribution in [0.4, 0.5) is 10.2 Å². The molecule has 1 saturated carbocycles. The van der Waals surface area contributed by atoms with E-state index in [-0.39, 0.29) is 18.1 Å². The summed E-state index contributed by atoms with van der Waals surface area (Å²) in [6.45, 7) is 1.58. The van der Waals surface area contributed by atoms with Crippen molar-refractivity contribution in [1.82, 2.24) is 14.9 Å². The molecule has 2 fully saturated rings. The molecular formula is C20H23FN4O. The number of carbonyl (C=O) groups is 1. The second kappa shape index (κ2) is 7.02. The quantitative estimate of drug-likeness (QED) is 0.847. The minimum atomic E-state index is -0.292. The molecule has 2 aromatic rings. The predicted molar refractivity (Wildman–Crippen MR) is 97.1 cm³/mol. The van der Waals surface area contributed by atoms with Crippen LogP contribution < -0.4 is 4.90 Å². The lowest BCUT2D eigenvalue weighted by Gasteiger charge is -2.30. The molecule has 0 N–H and O–H groups in total. The number of aromatic nitrogens is 2. The highest BCUT2D eigenvalue weighted by atomic mass is 19.1. The number of rotatable bonds is 4. The van der Waals surface area contributed by atoms with Crippen LogP contribution in [0.3, 0.4) is 0 Å². The summed E-state index contributed by atoms with van der Waals surface area (Å²) in [5.74, 6) is 1.67. The van der Waals surface area contributed by atoms with Gasteiger partial charge in [-0.3, -0.25) is 9.78 Å². The number of anilines is 1. The number of benzene rings is 1. The minimum absolute atomic E-state index is 0.0888. The lowest BCUT2D eigenvalue weighted by Crippen LogP contribution is -2.39. The van der Waals surface area contributed by atoms with Crippen LogP contribution in [-0.2, 0) is 11.2 Å². The molecule has 2 heterocycles. The SMILES string of the molecule is CN(c1cnccn1)[C@@H]1CC[C@@H]2CN(C(=O)Cc3cccc(F)c3)C[C@@H]21. The molecule has 0 radical (unpaired) electrons. The summed E-state index contributed by atoms with van der Waals surface area (Å²) in [6, 6.07) is 6.69. The number of amides is 1. The van der Waals surface area contributed by atoms with Crippen LogP contribution in [0, 0.1) is 17.7 Å². The van der Waals surface area contributed by atoms with Gasteiger partial charge >= 0.3 is 0 Å². The van der Waals surface area contributed by atoms with Crippen molar-refractivity contribution in [2.24, 2.45) is 11.8 Å². The Bertz CT molecular complexity index is 784. The minimum Gasteiger partial charge on any atom is -0.355 e. The van der Waals surface area contributed by atoms with Gasteiger partial charge in [0, 0.05) is 44.5 Å². The zero-order valence-corrected chi connectivity index (χ0v) is 14.9. The van der Waals surface area contributed by atoms with E-state index in [1.54, 1.807) is 24.7 Å². The van der Waals surface area contributed by atoms with Crippen LogP contribution in [0.15, 0.2) is 42.9 Å². The summed E-state index contributed by atoms with van der Waals surface area (Å²) in [6.07, 6.45) is 7.69. The van der Waals surface area contributed by atoms with Crippen LogP contribution >= 0.6 is 0 Å². The van der Waals surface area contributed by atoms with E-state index in [2.05, 4.69) is 21.9 Å². The predicted octanol–water partition coefficient (Wildman–Crippen LogP) is 2.53. The first kappa shape index (κ1) is 16.9. The van der Waals surface area contributed by atoms with Gasteiger partial charge in [0.25, 0.3) is 0 Å². The summed E-state index contributed by atoms with van der Waals surface area (Å²) in [5.41, 5.74) is 0.736. The van der Waals surface area contributed by atoms with Gasteiger partial charge < -0.3 is 9.80 Å². The van der Waals surface area contributed by atoms with Crippen molar-refractivity contribution in [3.05, 3.63) is 54.2 Å². The van der Waals surface area contributed by atoms with E-state index >= 15 is 0 Å². The number of hydrogen-bond acceptors (Lipinski definition) is 4. The van der Waals surface area contributed by atoms with Gasteiger partial charge in [0.1, 0.15) is 11.6 Å². The van der Waals surface area contributed by atoms with Crippen molar-refractivity contribution in [3.8, 4) is 0 Å². The second-order valence-electron chi connectivity index (χ2n) is 7.35. The van der Waals surface area contributed by atoms with Gasteiger partial charge in [-0.2, -0.15) is 0 Å². The lowest BCUT2D eigenvalue weighted by molar-refractivity contribution is -0.129.